The van der Waals surface area contributed by atoms with Crippen LogP contribution < -0.4 is 0 Å². The zero-order valence-corrected chi connectivity index (χ0v) is 12.3. The number of furan rings is 1. The second-order valence-corrected chi connectivity index (χ2v) is 7.52. The van der Waals surface area contributed by atoms with E-state index in [2.05, 4.69) is 0 Å². The van der Waals surface area contributed by atoms with E-state index in [1.54, 1.807) is 10.6 Å². The van der Waals surface area contributed by atoms with Crippen molar-refractivity contribution < 1.29 is 17.6 Å². The zero-order chi connectivity index (χ0) is 14.0. The molecule has 2 atom stereocenters. The van der Waals surface area contributed by atoms with Crippen LogP contribution in [0.25, 0.3) is 0 Å². The van der Waals surface area contributed by atoms with Gasteiger partial charge in [0.15, 0.2) is 0 Å². The number of hydrogen-bond donors (Lipinski definition) is 0. The highest BCUT2D eigenvalue weighted by Gasteiger charge is 2.38. The monoisotopic (exact) mass is 299 g/mol. The largest absolute Gasteiger partial charge is 0.468 e. The van der Waals surface area contributed by atoms with Crippen molar-refractivity contribution in [2.24, 2.45) is 0 Å². The van der Waals surface area contributed by atoms with Gasteiger partial charge in [-0.15, -0.1) is 0 Å². The summed E-state index contributed by atoms with van der Waals surface area (Å²) in [6.45, 7) is 1.27. The van der Waals surface area contributed by atoms with Crippen molar-refractivity contribution in [3.05, 3.63) is 24.2 Å². The lowest BCUT2D eigenvalue weighted by Crippen LogP contribution is -2.38. The summed E-state index contributed by atoms with van der Waals surface area (Å²) in [4.78, 5) is 0. The van der Waals surface area contributed by atoms with Gasteiger partial charge in [-0.25, -0.2) is 8.42 Å². The van der Waals surface area contributed by atoms with Crippen LogP contribution in [-0.2, 0) is 14.8 Å². The lowest BCUT2D eigenvalue weighted by molar-refractivity contribution is 0.0298. The molecule has 20 heavy (non-hydrogen) atoms. The predicted molar refractivity (Wildman–Crippen MR) is 74.8 cm³/mol. The minimum atomic E-state index is -3.29. The molecule has 3 rings (SSSR count). The van der Waals surface area contributed by atoms with Gasteiger partial charge in [0.25, 0.3) is 0 Å². The molecule has 1 aromatic heterocycles. The maximum absolute atomic E-state index is 12.6. The van der Waals surface area contributed by atoms with Gasteiger partial charge < -0.3 is 9.15 Å². The third-order valence-corrected chi connectivity index (χ3v) is 6.05. The summed E-state index contributed by atoms with van der Waals surface area (Å²) in [6, 6.07) is 3.52. The van der Waals surface area contributed by atoms with Crippen LogP contribution in [0.4, 0.5) is 0 Å². The van der Waals surface area contributed by atoms with Gasteiger partial charge in [0, 0.05) is 13.2 Å². The van der Waals surface area contributed by atoms with Crippen molar-refractivity contribution in [3.63, 3.8) is 0 Å². The Bertz CT molecular complexity index is 519. The van der Waals surface area contributed by atoms with E-state index in [1.807, 2.05) is 12.1 Å². The van der Waals surface area contributed by atoms with Crippen molar-refractivity contribution in [1.29, 1.82) is 0 Å². The Kier molecular flexibility index (Phi) is 4.14. The second kappa shape index (κ2) is 5.87. The van der Waals surface area contributed by atoms with Gasteiger partial charge in [-0.3, -0.25) is 0 Å². The Labute approximate surface area is 119 Å². The molecule has 3 heterocycles. The zero-order valence-electron chi connectivity index (χ0n) is 11.5. The molecule has 2 aliphatic rings. The van der Waals surface area contributed by atoms with E-state index in [1.165, 1.54) is 0 Å². The molecule has 2 fully saturated rings. The summed E-state index contributed by atoms with van der Waals surface area (Å²) >= 11 is 0. The minimum absolute atomic E-state index is 0.101. The van der Waals surface area contributed by atoms with Crippen LogP contribution in [0, 0.1) is 0 Å². The van der Waals surface area contributed by atoms with Crippen LogP contribution in [0.15, 0.2) is 22.8 Å². The third kappa shape index (κ3) is 2.92. The fourth-order valence-electron chi connectivity index (χ4n) is 3.11. The van der Waals surface area contributed by atoms with Crippen LogP contribution in [0.3, 0.4) is 0 Å². The Balaban J connectivity index is 1.72. The average molecular weight is 299 g/mol. The first-order valence-electron chi connectivity index (χ1n) is 7.31. The summed E-state index contributed by atoms with van der Waals surface area (Å²) in [5.74, 6) is 0.847. The van der Waals surface area contributed by atoms with Gasteiger partial charge in [0.2, 0.25) is 10.0 Å². The van der Waals surface area contributed by atoms with Crippen molar-refractivity contribution in [2.45, 2.75) is 44.2 Å². The number of hydrogen-bond acceptors (Lipinski definition) is 4. The molecule has 0 radical (unpaired) electrons. The molecule has 0 spiro atoms. The molecule has 5 nitrogen and oxygen atoms in total. The van der Waals surface area contributed by atoms with E-state index in [0.717, 1.165) is 37.9 Å². The van der Waals surface area contributed by atoms with Gasteiger partial charge in [-0.1, -0.05) is 0 Å². The first-order valence-corrected chi connectivity index (χ1v) is 8.92. The Morgan fingerprint density at radius 3 is 2.85 bits per heavy atom. The summed E-state index contributed by atoms with van der Waals surface area (Å²) in [6.07, 6.45) is 6.11. The molecule has 0 aromatic carbocycles. The number of ether oxygens (including phenoxy) is 1. The summed E-state index contributed by atoms with van der Waals surface area (Å²) in [5, 5.41) is 0. The van der Waals surface area contributed by atoms with Gasteiger partial charge in [-0.05, 0) is 44.2 Å². The van der Waals surface area contributed by atoms with E-state index in [9.17, 15) is 8.42 Å². The van der Waals surface area contributed by atoms with E-state index in [-0.39, 0.29) is 17.9 Å². The van der Waals surface area contributed by atoms with E-state index in [4.69, 9.17) is 9.15 Å². The number of rotatable bonds is 4. The van der Waals surface area contributed by atoms with Gasteiger partial charge in [0.1, 0.15) is 5.76 Å². The number of sulfonamides is 1. The molecule has 1 aromatic rings. The quantitative estimate of drug-likeness (QED) is 0.856. The van der Waals surface area contributed by atoms with Crippen LogP contribution in [-0.4, -0.2) is 37.7 Å². The molecule has 0 aliphatic carbocycles. The molecular weight excluding hydrogens is 278 g/mol. The molecule has 2 saturated heterocycles. The van der Waals surface area contributed by atoms with E-state index in [0.29, 0.717) is 13.2 Å². The molecule has 0 saturated carbocycles. The molecule has 112 valence electrons. The molecule has 2 aliphatic heterocycles. The highest BCUT2D eigenvalue weighted by molar-refractivity contribution is 7.89. The summed E-state index contributed by atoms with van der Waals surface area (Å²) < 4.78 is 37.8. The molecule has 0 unspecified atom stereocenters. The molecule has 0 N–H and O–H groups in total. The van der Waals surface area contributed by atoms with Crippen LogP contribution in [0.1, 0.15) is 43.9 Å². The van der Waals surface area contributed by atoms with Gasteiger partial charge in [-0.2, -0.15) is 4.31 Å². The first kappa shape index (κ1) is 14.1. The fraction of sp³-hybridized carbons (Fsp3) is 0.714. The van der Waals surface area contributed by atoms with Crippen LogP contribution in [0.2, 0.25) is 0 Å². The Hall–Kier alpha value is -0.850. The normalized spacial score (nSPS) is 28.8. The Morgan fingerprint density at radius 2 is 2.15 bits per heavy atom. The summed E-state index contributed by atoms with van der Waals surface area (Å²) in [5.41, 5.74) is 0. The van der Waals surface area contributed by atoms with E-state index >= 15 is 0 Å². The third-order valence-electron chi connectivity index (χ3n) is 4.10. The highest BCUT2D eigenvalue weighted by atomic mass is 32.2. The number of nitrogens with zero attached hydrogens (tertiary/aromatic N) is 1. The molecule has 0 amide bonds. The van der Waals surface area contributed by atoms with Crippen molar-refractivity contribution in [2.75, 3.05) is 18.9 Å². The molecule has 0 bridgehead atoms. The summed E-state index contributed by atoms with van der Waals surface area (Å²) in [7, 11) is -3.29. The smallest absolute Gasteiger partial charge is 0.217 e. The molecule has 6 heteroatoms. The topological polar surface area (TPSA) is 59.8 Å². The highest BCUT2D eigenvalue weighted by Crippen LogP contribution is 2.35. The SMILES string of the molecule is O=S(=O)(C[C@H]1CCCCO1)N1CCC[C@@H]1c1ccco1. The lowest BCUT2D eigenvalue weighted by Gasteiger charge is -2.27. The predicted octanol–water partition coefficient (Wildman–Crippen LogP) is 2.32. The minimum Gasteiger partial charge on any atom is -0.468 e. The maximum Gasteiger partial charge on any atom is 0.217 e. The van der Waals surface area contributed by atoms with Crippen LogP contribution >= 0.6 is 0 Å². The van der Waals surface area contributed by atoms with Crippen molar-refractivity contribution in [1.82, 2.24) is 4.31 Å². The maximum atomic E-state index is 12.6. The van der Waals surface area contributed by atoms with Crippen molar-refractivity contribution in [3.8, 4) is 0 Å². The van der Waals surface area contributed by atoms with Crippen LogP contribution in [0.5, 0.6) is 0 Å². The standard InChI is InChI=1S/C14H21NO4S/c16-20(17,11-12-5-1-2-9-18-12)15-8-3-6-13(15)14-7-4-10-19-14/h4,7,10,12-13H,1-3,5-6,8-9,11H2/t12-,13-/m1/s1. The lowest BCUT2D eigenvalue weighted by atomic mass is 10.1. The van der Waals surface area contributed by atoms with Crippen molar-refractivity contribution >= 4 is 10.0 Å². The second-order valence-electron chi connectivity index (χ2n) is 5.55. The molecular formula is C14H21NO4S. The average Bonchev–Trinajstić information content (AvgIpc) is 3.10. The fourth-order valence-corrected chi connectivity index (χ4v) is 5.04. The van der Waals surface area contributed by atoms with E-state index < -0.39 is 10.0 Å². The van der Waals surface area contributed by atoms with Gasteiger partial charge >= 0.3 is 0 Å². The Morgan fingerprint density at radius 1 is 1.25 bits per heavy atom. The first-order chi connectivity index (χ1) is 9.67. The van der Waals surface area contributed by atoms with Gasteiger partial charge in [0.05, 0.1) is 24.2 Å².